The number of halogens is 4. The fourth-order valence-corrected chi connectivity index (χ4v) is 3.34. The minimum atomic E-state index is -2.82. The van der Waals surface area contributed by atoms with E-state index in [1.807, 2.05) is 0 Å². The van der Waals surface area contributed by atoms with Gasteiger partial charge in [0.2, 0.25) is 0 Å². The smallest absolute Gasteiger partial charge is 0.387 e. The molecule has 28 heavy (non-hydrogen) atoms. The summed E-state index contributed by atoms with van der Waals surface area (Å²) in [6.45, 7) is -2.09. The monoisotopic (exact) mass is 412 g/mol. The molecule has 0 bridgehead atoms. The summed E-state index contributed by atoms with van der Waals surface area (Å²) in [5.74, 6) is -0.737. The number of hydrogen-bond donors (Lipinski definition) is 2. The summed E-state index contributed by atoms with van der Waals surface area (Å²) in [5, 5.41) is 6.45. The molecule has 0 radical (unpaired) electrons. The van der Waals surface area contributed by atoms with Gasteiger partial charge in [-0.15, -0.1) is 0 Å². The minimum Gasteiger partial charge on any atom is -0.435 e. The van der Waals surface area contributed by atoms with E-state index in [9.17, 15) is 18.0 Å². The lowest BCUT2D eigenvalue weighted by atomic mass is 9.86. The lowest BCUT2D eigenvalue weighted by Crippen LogP contribution is -2.52. The van der Waals surface area contributed by atoms with Crippen LogP contribution in [0, 0.1) is 5.82 Å². The fraction of sp³-hybridized carbons (Fsp3) is 0.350. The van der Waals surface area contributed by atoms with Crippen LogP contribution < -0.4 is 15.4 Å². The van der Waals surface area contributed by atoms with Crippen LogP contribution in [-0.4, -0.2) is 31.1 Å². The van der Waals surface area contributed by atoms with E-state index in [1.165, 1.54) is 18.2 Å². The number of alkyl halides is 2. The van der Waals surface area contributed by atoms with Crippen molar-refractivity contribution in [3.05, 3.63) is 64.4 Å². The standard InChI is InChI=1S/C20H20ClF3N2O2/c21-14-7-13(8-15(22)9-14)19(27)26-17-10-16(11-17)25-6-5-12-1-3-18(4-2-12)28-20(23)24/h1-4,7-9,16-17,20,25H,5-6,10-11H2,(H,26,27). The number of carbonyl (C=O) groups is 1. The van der Waals surface area contributed by atoms with E-state index in [4.69, 9.17) is 11.6 Å². The van der Waals surface area contributed by atoms with Gasteiger partial charge in [0.25, 0.3) is 5.91 Å². The highest BCUT2D eigenvalue weighted by atomic mass is 35.5. The molecule has 0 spiro atoms. The summed E-state index contributed by atoms with van der Waals surface area (Å²) in [4.78, 5) is 12.1. The first kappa shape index (κ1) is 20.5. The van der Waals surface area contributed by atoms with E-state index in [0.29, 0.717) is 6.04 Å². The Morgan fingerprint density at radius 2 is 1.86 bits per heavy atom. The van der Waals surface area contributed by atoms with Crippen LogP contribution in [0.5, 0.6) is 5.75 Å². The first-order chi connectivity index (χ1) is 13.4. The van der Waals surface area contributed by atoms with Crippen molar-refractivity contribution in [1.82, 2.24) is 10.6 Å². The van der Waals surface area contributed by atoms with Crippen molar-refractivity contribution in [3.63, 3.8) is 0 Å². The summed E-state index contributed by atoms with van der Waals surface area (Å²) in [7, 11) is 0. The number of amides is 1. The minimum absolute atomic E-state index is 0.0397. The average Bonchev–Trinajstić information content (AvgIpc) is 2.59. The Kier molecular flexibility index (Phi) is 6.80. The van der Waals surface area contributed by atoms with Crippen LogP contribution in [0.2, 0.25) is 5.02 Å². The molecule has 0 unspecified atom stereocenters. The van der Waals surface area contributed by atoms with E-state index in [0.717, 1.165) is 43.5 Å². The molecule has 0 saturated heterocycles. The second-order valence-corrected chi connectivity index (χ2v) is 7.16. The molecule has 1 aliphatic carbocycles. The van der Waals surface area contributed by atoms with Gasteiger partial charge in [0, 0.05) is 22.7 Å². The number of ether oxygens (including phenoxy) is 1. The van der Waals surface area contributed by atoms with E-state index < -0.39 is 12.4 Å². The third-order valence-electron chi connectivity index (χ3n) is 4.59. The van der Waals surface area contributed by atoms with Crippen LogP contribution in [-0.2, 0) is 6.42 Å². The Balaban J connectivity index is 1.35. The third-order valence-corrected chi connectivity index (χ3v) is 4.81. The summed E-state index contributed by atoms with van der Waals surface area (Å²) in [6.07, 6.45) is 2.33. The van der Waals surface area contributed by atoms with E-state index in [1.54, 1.807) is 12.1 Å². The highest BCUT2D eigenvalue weighted by Gasteiger charge is 2.30. The van der Waals surface area contributed by atoms with Gasteiger partial charge in [-0.3, -0.25) is 4.79 Å². The number of carbonyl (C=O) groups excluding carboxylic acids is 1. The summed E-state index contributed by atoms with van der Waals surface area (Å²) >= 11 is 5.77. The lowest BCUT2D eigenvalue weighted by molar-refractivity contribution is -0.0498. The molecule has 1 aliphatic rings. The van der Waals surface area contributed by atoms with Crippen molar-refractivity contribution in [3.8, 4) is 5.75 Å². The Labute approximate surface area is 166 Å². The first-order valence-electron chi connectivity index (χ1n) is 8.93. The predicted molar refractivity (Wildman–Crippen MR) is 100 cm³/mol. The highest BCUT2D eigenvalue weighted by Crippen LogP contribution is 2.22. The molecule has 150 valence electrons. The topological polar surface area (TPSA) is 50.4 Å². The van der Waals surface area contributed by atoms with Crippen molar-refractivity contribution in [2.24, 2.45) is 0 Å². The molecule has 0 heterocycles. The van der Waals surface area contributed by atoms with Gasteiger partial charge in [-0.05, 0) is 61.7 Å². The zero-order chi connectivity index (χ0) is 20.1. The second-order valence-electron chi connectivity index (χ2n) is 6.72. The number of nitrogens with one attached hydrogen (secondary N) is 2. The van der Waals surface area contributed by atoms with Crippen LogP contribution in [0.4, 0.5) is 13.2 Å². The molecule has 1 saturated carbocycles. The maximum atomic E-state index is 13.3. The molecule has 0 atom stereocenters. The molecule has 1 fully saturated rings. The average molecular weight is 413 g/mol. The van der Waals surface area contributed by atoms with E-state index >= 15 is 0 Å². The van der Waals surface area contributed by atoms with Gasteiger partial charge >= 0.3 is 6.61 Å². The van der Waals surface area contributed by atoms with Crippen LogP contribution in [0.3, 0.4) is 0 Å². The lowest BCUT2D eigenvalue weighted by Gasteiger charge is -2.36. The van der Waals surface area contributed by atoms with Crippen molar-refractivity contribution in [2.75, 3.05) is 6.54 Å². The van der Waals surface area contributed by atoms with Gasteiger partial charge in [0.05, 0.1) is 0 Å². The van der Waals surface area contributed by atoms with Crippen LogP contribution in [0.25, 0.3) is 0 Å². The van der Waals surface area contributed by atoms with Gasteiger partial charge in [-0.2, -0.15) is 8.78 Å². The zero-order valence-electron chi connectivity index (χ0n) is 14.9. The molecular formula is C20H20ClF3N2O2. The van der Waals surface area contributed by atoms with Crippen molar-refractivity contribution >= 4 is 17.5 Å². The summed E-state index contributed by atoms with van der Waals surface area (Å²) < 4.78 is 41.9. The first-order valence-corrected chi connectivity index (χ1v) is 9.31. The largest absolute Gasteiger partial charge is 0.435 e. The number of hydrogen-bond acceptors (Lipinski definition) is 3. The third kappa shape index (κ3) is 5.87. The molecule has 1 amide bonds. The van der Waals surface area contributed by atoms with Crippen LogP contribution in [0.15, 0.2) is 42.5 Å². The Morgan fingerprint density at radius 3 is 2.50 bits per heavy atom. The SMILES string of the molecule is O=C(NC1CC(NCCc2ccc(OC(F)F)cc2)C1)c1cc(F)cc(Cl)c1. The second kappa shape index (κ2) is 9.30. The quantitative estimate of drug-likeness (QED) is 0.684. The van der Waals surface area contributed by atoms with Crippen LogP contribution >= 0.6 is 11.6 Å². The molecule has 2 aromatic rings. The predicted octanol–water partition coefficient (Wildman–Crippen LogP) is 4.17. The number of benzene rings is 2. The van der Waals surface area contributed by atoms with Gasteiger partial charge in [-0.25, -0.2) is 4.39 Å². The van der Waals surface area contributed by atoms with Gasteiger partial charge < -0.3 is 15.4 Å². The van der Waals surface area contributed by atoms with Gasteiger partial charge in [0.15, 0.2) is 0 Å². The van der Waals surface area contributed by atoms with Crippen molar-refractivity contribution < 1.29 is 22.7 Å². The normalized spacial score (nSPS) is 18.6. The Hall–Kier alpha value is -2.25. The highest BCUT2D eigenvalue weighted by molar-refractivity contribution is 6.31. The molecule has 3 rings (SSSR count). The van der Waals surface area contributed by atoms with Gasteiger partial charge in [-0.1, -0.05) is 23.7 Å². The maximum absolute atomic E-state index is 13.3. The fourth-order valence-electron chi connectivity index (χ4n) is 3.11. The summed E-state index contributed by atoms with van der Waals surface area (Å²) in [5.41, 5.74) is 1.22. The van der Waals surface area contributed by atoms with E-state index in [2.05, 4.69) is 15.4 Å². The maximum Gasteiger partial charge on any atom is 0.387 e. The number of rotatable bonds is 8. The zero-order valence-corrected chi connectivity index (χ0v) is 15.7. The van der Waals surface area contributed by atoms with Crippen LogP contribution in [0.1, 0.15) is 28.8 Å². The molecule has 2 N–H and O–H groups in total. The Bertz CT molecular complexity index is 791. The molecular weight excluding hydrogens is 393 g/mol. The molecule has 0 aromatic heterocycles. The molecule has 0 aliphatic heterocycles. The van der Waals surface area contributed by atoms with Crippen molar-refractivity contribution in [2.45, 2.75) is 38.0 Å². The summed E-state index contributed by atoms with van der Waals surface area (Å²) in [6, 6.07) is 10.6. The van der Waals surface area contributed by atoms with Crippen molar-refractivity contribution in [1.29, 1.82) is 0 Å². The Morgan fingerprint density at radius 1 is 1.14 bits per heavy atom. The van der Waals surface area contributed by atoms with E-state index in [-0.39, 0.29) is 28.3 Å². The van der Waals surface area contributed by atoms with Gasteiger partial charge in [0.1, 0.15) is 11.6 Å². The molecule has 8 heteroatoms. The molecule has 2 aromatic carbocycles. The molecule has 4 nitrogen and oxygen atoms in total.